The van der Waals surface area contributed by atoms with Gasteiger partial charge in [0.25, 0.3) is 0 Å². The molecule has 0 bridgehead atoms. The molecule has 7 heteroatoms. The second kappa shape index (κ2) is 6.68. The summed E-state index contributed by atoms with van der Waals surface area (Å²) in [5.41, 5.74) is 2.51. The normalized spacial score (nSPS) is 15.8. The Bertz CT molecular complexity index is 995. The summed E-state index contributed by atoms with van der Waals surface area (Å²) in [4.78, 5) is 16.9. The quantitative estimate of drug-likeness (QED) is 0.742. The number of methoxy groups -OCH3 is 2. The first-order chi connectivity index (χ1) is 13.1. The smallest absolute Gasteiger partial charge is 0.226 e. The molecule has 2 heterocycles. The van der Waals surface area contributed by atoms with Crippen LogP contribution in [0.4, 0.5) is 5.82 Å². The predicted octanol–water partition coefficient (Wildman–Crippen LogP) is 3.07. The number of rotatable bonds is 4. The van der Waals surface area contributed by atoms with Gasteiger partial charge in [0.2, 0.25) is 5.91 Å². The van der Waals surface area contributed by atoms with Gasteiger partial charge in [0.05, 0.1) is 19.9 Å². The van der Waals surface area contributed by atoms with Crippen LogP contribution in [-0.2, 0) is 4.79 Å². The second-order valence-corrected chi connectivity index (χ2v) is 6.28. The van der Waals surface area contributed by atoms with Crippen molar-refractivity contribution < 1.29 is 19.4 Å². The van der Waals surface area contributed by atoms with Crippen molar-refractivity contribution in [1.29, 1.82) is 0 Å². The van der Waals surface area contributed by atoms with Gasteiger partial charge in [-0.05, 0) is 42.0 Å². The van der Waals surface area contributed by atoms with Crippen LogP contribution in [-0.4, -0.2) is 34.8 Å². The monoisotopic (exact) mass is 365 g/mol. The number of phenols is 1. The van der Waals surface area contributed by atoms with Crippen LogP contribution in [0, 0.1) is 0 Å². The van der Waals surface area contributed by atoms with E-state index in [9.17, 15) is 9.90 Å². The molecule has 0 spiro atoms. The molecule has 0 fully saturated rings. The van der Waals surface area contributed by atoms with Crippen molar-refractivity contribution in [3.63, 3.8) is 0 Å². The molecule has 3 aromatic rings. The number of amides is 1. The Balaban J connectivity index is 1.77. The van der Waals surface area contributed by atoms with Gasteiger partial charge in [-0.3, -0.25) is 9.36 Å². The molecule has 0 saturated carbocycles. The average Bonchev–Trinajstić information content (AvgIpc) is 3.11. The van der Waals surface area contributed by atoms with Gasteiger partial charge in [-0.2, -0.15) is 0 Å². The Hall–Kier alpha value is -3.48. The second-order valence-electron chi connectivity index (χ2n) is 6.28. The molecule has 2 N–H and O–H groups in total. The minimum atomic E-state index is -0.220. The van der Waals surface area contributed by atoms with Crippen LogP contribution in [0.15, 0.2) is 48.8 Å². The number of imidazole rings is 1. The number of carbonyl (C=O) groups is 1. The summed E-state index contributed by atoms with van der Waals surface area (Å²) in [7, 11) is 3.11. The Labute approximate surface area is 156 Å². The summed E-state index contributed by atoms with van der Waals surface area (Å²) in [5.74, 6) is 1.52. The fourth-order valence-electron chi connectivity index (χ4n) is 3.33. The highest BCUT2D eigenvalue weighted by atomic mass is 16.5. The van der Waals surface area contributed by atoms with E-state index < -0.39 is 0 Å². The maximum absolute atomic E-state index is 12.4. The van der Waals surface area contributed by atoms with Crippen molar-refractivity contribution >= 4 is 11.7 Å². The first-order valence-electron chi connectivity index (χ1n) is 8.49. The highest BCUT2D eigenvalue weighted by Crippen LogP contribution is 2.40. The number of fused-ring (bicyclic) bond motifs is 1. The van der Waals surface area contributed by atoms with Crippen LogP contribution in [0.3, 0.4) is 0 Å². The number of nitrogens with one attached hydrogen (secondary N) is 1. The van der Waals surface area contributed by atoms with E-state index in [4.69, 9.17) is 9.47 Å². The van der Waals surface area contributed by atoms with Crippen LogP contribution in [0.25, 0.3) is 5.69 Å². The van der Waals surface area contributed by atoms with Crippen LogP contribution in [0.1, 0.15) is 23.6 Å². The first-order valence-corrected chi connectivity index (χ1v) is 8.49. The Morgan fingerprint density at radius 2 is 1.93 bits per heavy atom. The summed E-state index contributed by atoms with van der Waals surface area (Å²) >= 11 is 0. The molecule has 1 aromatic heterocycles. The van der Waals surface area contributed by atoms with Crippen molar-refractivity contribution in [3.8, 4) is 22.9 Å². The van der Waals surface area contributed by atoms with Crippen LogP contribution in [0.5, 0.6) is 17.2 Å². The zero-order valence-electron chi connectivity index (χ0n) is 15.0. The molecule has 0 aliphatic carbocycles. The van der Waals surface area contributed by atoms with Crippen LogP contribution in [0.2, 0.25) is 0 Å². The van der Waals surface area contributed by atoms with Gasteiger partial charge in [-0.25, -0.2) is 4.98 Å². The molecule has 7 nitrogen and oxygen atoms in total. The number of phenolic OH excluding ortho intramolecular Hbond substituents is 1. The van der Waals surface area contributed by atoms with Gasteiger partial charge in [0, 0.05) is 18.0 Å². The number of ether oxygens (including phenoxy) is 2. The number of carbonyl (C=O) groups excluding carboxylic acids is 1. The lowest BCUT2D eigenvalue weighted by molar-refractivity contribution is -0.116. The van der Waals surface area contributed by atoms with Crippen molar-refractivity contribution in [3.05, 3.63) is 60.0 Å². The topological polar surface area (TPSA) is 85.6 Å². The van der Waals surface area contributed by atoms with E-state index in [0.717, 1.165) is 22.7 Å². The maximum atomic E-state index is 12.4. The minimum absolute atomic E-state index is 0.0606. The van der Waals surface area contributed by atoms with Crippen molar-refractivity contribution in [1.82, 2.24) is 9.55 Å². The van der Waals surface area contributed by atoms with E-state index in [1.807, 2.05) is 28.8 Å². The minimum Gasteiger partial charge on any atom is -0.504 e. The summed E-state index contributed by atoms with van der Waals surface area (Å²) < 4.78 is 12.2. The van der Waals surface area contributed by atoms with Crippen molar-refractivity contribution in [2.24, 2.45) is 0 Å². The molecule has 0 radical (unpaired) electrons. The summed E-state index contributed by atoms with van der Waals surface area (Å²) in [5, 5.41) is 12.8. The third kappa shape index (κ3) is 2.97. The maximum Gasteiger partial charge on any atom is 0.226 e. The third-order valence-corrected chi connectivity index (χ3v) is 4.73. The van der Waals surface area contributed by atoms with E-state index in [2.05, 4.69) is 10.3 Å². The molecule has 27 heavy (non-hydrogen) atoms. The van der Waals surface area contributed by atoms with E-state index >= 15 is 0 Å². The molecular weight excluding hydrogens is 346 g/mol. The van der Waals surface area contributed by atoms with Gasteiger partial charge in [-0.15, -0.1) is 0 Å². The summed E-state index contributed by atoms with van der Waals surface area (Å²) in [6.45, 7) is 0. The molecule has 1 atom stereocenters. The first kappa shape index (κ1) is 17.0. The molecular formula is C20H19N3O4. The SMILES string of the molecule is COc1ccc(-n2cnc3c2NC(=O)C[C@H]3c2ccc(O)c(OC)c2)cc1. The number of hydrogen-bond donors (Lipinski definition) is 2. The van der Waals surface area contributed by atoms with E-state index in [1.54, 1.807) is 31.6 Å². The van der Waals surface area contributed by atoms with Gasteiger partial charge < -0.3 is 19.9 Å². The molecule has 1 amide bonds. The Morgan fingerprint density at radius 3 is 2.63 bits per heavy atom. The third-order valence-electron chi connectivity index (χ3n) is 4.73. The summed E-state index contributed by atoms with van der Waals surface area (Å²) in [6.07, 6.45) is 1.98. The Morgan fingerprint density at radius 1 is 1.15 bits per heavy atom. The van der Waals surface area contributed by atoms with Gasteiger partial charge >= 0.3 is 0 Å². The van der Waals surface area contributed by atoms with Gasteiger partial charge in [0.1, 0.15) is 17.9 Å². The molecule has 0 unspecified atom stereocenters. The lowest BCUT2D eigenvalue weighted by atomic mass is 9.89. The zero-order chi connectivity index (χ0) is 19.0. The number of aromatic nitrogens is 2. The fourth-order valence-corrected chi connectivity index (χ4v) is 3.33. The van der Waals surface area contributed by atoms with E-state index in [0.29, 0.717) is 11.6 Å². The predicted molar refractivity (Wildman–Crippen MR) is 99.9 cm³/mol. The summed E-state index contributed by atoms with van der Waals surface area (Å²) in [6, 6.07) is 12.6. The van der Waals surface area contributed by atoms with Crippen LogP contribution < -0.4 is 14.8 Å². The lowest BCUT2D eigenvalue weighted by Crippen LogP contribution is -2.24. The largest absolute Gasteiger partial charge is 0.504 e. The van der Waals surface area contributed by atoms with E-state index in [-0.39, 0.29) is 24.0 Å². The zero-order valence-corrected chi connectivity index (χ0v) is 15.0. The van der Waals surface area contributed by atoms with E-state index in [1.165, 1.54) is 7.11 Å². The highest BCUT2D eigenvalue weighted by molar-refractivity contribution is 5.94. The Kier molecular flexibility index (Phi) is 4.19. The molecule has 138 valence electrons. The molecule has 1 aliphatic rings. The molecule has 0 saturated heterocycles. The number of anilines is 1. The van der Waals surface area contributed by atoms with Crippen molar-refractivity contribution in [2.45, 2.75) is 12.3 Å². The molecule has 4 rings (SSSR count). The van der Waals surface area contributed by atoms with Crippen LogP contribution >= 0.6 is 0 Å². The molecule has 1 aliphatic heterocycles. The number of nitrogens with zero attached hydrogens (tertiary/aromatic N) is 2. The fraction of sp³-hybridized carbons (Fsp3) is 0.200. The standard InChI is InChI=1S/C20H19N3O4/c1-26-14-6-4-13(5-7-14)23-11-21-19-15(10-18(25)22-20(19)23)12-3-8-16(24)17(9-12)27-2/h3-9,11,15,24H,10H2,1-2H3,(H,22,25)/t15-/m0/s1. The highest BCUT2D eigenvalue weighted by Gasteiger charge is 2.31. The number of benzene rings is 2. The number of aromatic hydroxyl groups is 1. The van der Waals surface area contributed by atoms with Gasteiger partial charge in [-0.1, -0.05) is 6.07 Å². The molecule has 2 aromatic carbocycles. The number of hydrogen-bond acceptors (Lipinski definition) is 5. The van der Waals surface area contributed by atoms with Gasteiger partial charge in [0.15, 0.2) is 11.5 Å². The van der Waals surface area contributed by atoms with Crippen molar-refractivity contribution in [2.75, 3.05) is 19.5 Å². The average molecular weight is 365 g/mol. The lowest BCUT2D eigenvalue weighted by Gasteiger charge is -2.23.